The maximum Gasteiger partial charge on any atom is 0.128 e. The molecule has 0 aliphatic heterocycles. The predicted octanol–water partition coefficient (Wildman–Crippen LogP) is 21.0. The minimum absolute atomic E-state index is 0.0128. The van der Waals surface area contributed by atoms with Crippen molar-refractivity contribution in [3.63, 3.8) is 0 Å². The third-order valence-electron chi connectivity index (χ3n) is 21.6. The molecule has 114 heavy (non-hydrogen) atoms. The molecule has 16 aromatic carbocycles. The molecule has 5 N–H and O–H groups in total. The third kappa shape index (κ3) is 14.4. The molecule has 2 aliphatic carbocycles. The van der Waals surface area contributed by atoms with E-state index in [1.807, 2.05) is 78.9 Å². The van der Waals surface area contributed by atoms with Crippen molar-refractivity contribution in [3.05, 3.63) is 384 Å². The molecular weight excluding hydrogens is 1410 g/mol. The van der Waals surface area contributed by atoms with Crippen LogP contribution < -0.4 is 28.4 Å². The first-order valence-electron chi connectivity index (χ1n) is 39.0. The van der Waals surface area contributed by atoms with Gasteiger partial charge in [0.1, 0.15) is 67.5 Å². The summed E-state index contributed by atoms with van der Waals surface area (Å²) in [7, 11) is 0. The molecule has 11 nitrogen and oxygen atoms in total. The lowest BCUT2D eigenvalue weighted by Crippen LogP contribution is -2.29. The Morgan fingerprint density at radius 1 is 0.228 bits per heavy atom. The smallest absolute Gasteiger partial charge is 0.128 e. The van der Waals surface area contributed by atoms with Crippen LogP contribution in [-0.2, 0) is 10.8 Å². The van der Waals surface area contributed by atoms with Crippen LogP contribution >= 0.6 is 0 Å². The van der Waals surface area contributed by atoms with E-state index in [0.29, 0.717) is 18.1 Å². The fraction of sp³-hybridized carbons (Fsp3) is 0.146. The monoisotopic (exact) mass is 1500 g/mol. The Bertz CT molecular complexity index is 5710. The van der Waals surface area contributed by atoms with Gasteiger partial charge in [0.2, 0.25) is 0 Å². The van der Waals surface area contributed by atoms with Crippen molar-refractivity contribution in [2.75, 3.05) is 72.7 Å². The first-order valence-corrected chi connectivity index (χ1v) is 39.0. The standard InChI is InChI=1S/C42H36O3.C37H30O4.C24H22O4/c1-2-26-44-40-23-21-32(28-36(40)30-13-5-3-6-14-30)42(38-19-11-9-17-34(38)35-18-10-12-20-39(35)42)33-22-24-41(45-27-25-43)37(29-33)31-15-7-4-8-16-31;38-17-19-40-31-15-11-25-21-29(13-9-27(25)23-31)37(35-7-3-1-5-33(35)34-6-2-4-8-36(34)37)30-14-10-28-24-32(41-20-18-39)16-12-26(28)22-30;25-13-15-27-21-11-9-17-5-1-3-7-19(17)23(21)24-20-8-4-2-6-18(20)10-12-22(24)28-16-14-26/h3-24,28-29,43H,2,25-27H2,1H3;1-16,21-24,38-39H,17-20H2;1-12,25-26H,13-16H2. The Hall–Kier alpha value is -12.8. The lowest BCUT2D eigenvalue weighted by Gasteiger charge is -2.35. The highest BCUT2D eigenvalue weighted by molar-refractivity contribution is 6.10. The van der Waals surface area contributed by atoms with Crippen molar-refractivity contribution in [1.82, 2.24) is 0 Å². The van der Waals surface area contributed by atoms with E-state index < -0.39 is 10.8 Å². The Labute approximate surface area is 664 Å². The summed E-state index contributed by atoms with van der Waals surface area (Å²) >= 11 is 0. The van der Waals surface area contributed by atoms with Gasteiger partial charge in [0.25, 0.3) is 0 Å². The van der Waals surface area contributed by atoms with Crippen LogP contribution in [0, 0.1) is 0 Å². The van der Waals surface area contributed by atoms with Gasteiger partial charge in [-0.05, 0) is 200 Å². The first-order chi connectivity index (χ1) is 56.3. The van der Waals surface area contributed by atoms with Crippen LogP contribution in [0.3, 0.4) is 0 Å². The molecule has 0 radical (unpaired) electrons. The highest BCUT2D eigenvalue weighted by Crippen LogP contribution is 2.59. The summed E-state index contributed by atoms with van der Waals surface area (Å²) in [6.45, 7) is 3.81. The van der Waals surface area contributed by atoms with Crippen LogP contribution in [0.15, 0.2) is 340 Å². The lowest BCUT2D eigenvalue weighted by molar-refractivity contribution is 0.200. The molecule has 18 rings (SSSR count). The van der Waals surface area contributed by atoms with Crippen LogP contribution in [0.5, 0.6) is 34.5 Å². The zero-order valence-corrected chi connectivity index (χ0v) is 63.5. The second kappa shape index (κ2) is 34.4. The number of aliphatic hydroxyl groups is 5. The number of hydrogen-bond acceptors (Lipinski definition) is 11. The van der Waals surface area contributed by atoms with Crippen molar-refractivity contribution < 1.29 is 54.0 Å². The summed E-state index contributed by atoms with van der Waals surface area (Å²) in [5.74, 6) is 4.53. The molecule has 566 valence electrons. The van der Waals surface area contributed by atoms with E-state index in [9.17, 15) is 15.3 Å². The molecule has 0 spiro atoms. The van der Waals surface area contributed by atoms with Crippen LogP contribution in [0.1, 0.15) is 57.9 Å². The van der Waals surface area contributed by atoms with E-state index in [4.69, 9.17) is 38.6 Å². The maximum atomic E-state index is 9.59. The summed E-state index contributed by atoms with van der Waals surface area (Å²) in [5.41, 5.74) is 19.8. The minimum Gasteiger partial charge on any atom is -0.493 e. The molecule has 11 heteroatoms. The fourth-order valence-corrected chi connectivity index (χ4v) is 16.9. The molecule has 0 fully saturated rings. The van der Waals surface area contributed by atoms with E-state index in [2.05, 4.69) is 268 Å². The fourth-order valence-electron chi connectivity index (χ4n) is 16.9. The summed E-state index contributed by atoms with van der Waals surface area (Å²) in [5, 5.41) is 55.2. The van der Waals surface area contributed by atoms with Crippen molar-refractivity contribution >= 4 is 43.1 Å². The predicted molar refractivity (Wildman–Crippen MR) is 459 cm³/mol. The van der Waals surface area contributed by atoms with Crippen molar-refractivity contribution in [1.29, 1.82) is 0 Å². The zero-order chi connectivity index (χ0) is 77.8. The molecule has 0 bridgehead atoms. The average Bonchev–Trinajstić information content (AvgIpc) is 1.53. The van der Waals surface area contributed by atoms with Gasteiger partial charge in [-0.3, -0.25) is 0 Å². The Morgan fingerprint density at radius 2 is 0.518 bits per heavy atom. The van der Waals surface area contributed by atoms with E-state index in [1.165, 1.54) is 61.2 Å². The van der Waals surface area contributed by atoms with Gasteiger partial charge in [0, 0.05) is 22.3 Å². The van der Waals surface area contributed by atoms with Crippen LogP contribution in [0.4, 0.5) is 0 Å². The van der Waals surface area contributed by atoms with Gasteiger partial charge < -0.3 is 54.0 Å². The molecule has 0 saturated carbocycles. The number of hydrogen-bond donors (Lipinski definition) is 5. The molecule has 2 aliphatic rings. The van der Waals surface area contributed by atoms with E-state index in [-0.39, 0.29) is 66.1 Å². The van der Waals surface area contributed by atoms with Gasteiger partial charge >= 0.3 is 0 Å². The SMILES string of the molecule is CCCOc1ccc(C2(c3ccc(OCCO)c(-c4ccccc4)c3)c3ccccc3-c3ccccc32)cc1-c1ccccc1.OCCOc1ccc2cc(C3(c4ccc5cc(OCCO)ccc5c4)c4ccccc4-c4ccccc43)ccc2c1.OCCOc1ccc2ccccc2c1-c1c(OCCO)ccc2ccccc12. The lowest BCUT2D eigenvalue weighted by atomic mass is 9.67. The molecule has 0 unspecified atom stereocenters. The van der Waals surface area contributed by atoms with Crippen LogP contribution in [-0.4, -0.2) is 98.2 Å². The summed E-state index contributed by atoms with van der Waals surface area (Å²) in [6, 6.07) is 119. The highest BCUT2D eigenvalue weighted by Gasteiger charge is 2.48. The number of rotatable bonds is 25. The summed E-state index contributed by atoms with van der Waals surface area (Å²) in [4.78, 5) is 0. The normalized spacial score (nSPS) is 12.5. The quantitative estimate of drug-likeness (QED) is 0.0371. The van der Waals surface area contributed by atoms with Gasteiger partial charge in [0.15, 0.2) is 0 Å². The Morgan fingerprint density at radius 3 is 0.904 bits per heavy atom. The van der Waals surface area contributed by atoms with Gasteiger partial charge in [-0.2, -0.15) is 0 Å². The topological polar surface area (TPSA) is 157 Å². The molecule has 0 atom stereocenters. The van der Waals surface area contributed by atoms with Crippen LogP contribution in [0.25, 0.3) is 98.7 Å². The van der Waals surface area contributed by atoms with Crippen molar-refractivity contribution in [2.45, 2.75) is 24.2 Å². The molecule has 0 saturated heterocycles. The molecule has 0 amide bonds. The molecule has 16 aromatic rings. The van der Waals surface area contributed by atoms with Gasteiger partial charge in [-0.1, -0.05) is 274 Å². The van der Waals surface area contributed by atoms with E-state index in [1.54, 1.807) is 0 Å². The number of ether oxygens (including phenoxy) is 6. The second-order valence-corrected chi connectivity index (χ2v) is 28.3. The maximum absolute atomic E-state index is 9.59. The highest BCUT2D eigenvalue weighted by atomic mass is 16.5. The second-order valence-electron chi connectivity index (χ2n) is 28.3. The molecule has 0 aromatic heterocycles. The first kappa shape index (κ1) is 75.2. The van der Waals surface area contributed by atoms with Crippen molar-refractivity contribution in [2.24, 2.45) is 0 Å². The van der Waals surface area contributed by atoms with E-state index >= 15 is 0 Å². The number of benzene rings is 16. The summed E-state index contributed by atoms with van der Waals surface area (Å²) in [6.07, 6.45) is 0.938. The minimum atomic E-state index is -0.598. The average molecular weight is 1500 g/mol. The number of fused-ring (bicyclic) bond motifs is 10. The Balaban J connectivity index is 0.000000132. The third-order valence-corrected chi connectivity index (χ3v) is 21.6. The van der Waals surface area contributed by atoms with Gasteiger partial charge in [0.05, 0.1) is 50.5 Å². The largest absolute Gasteiger partial charge is 0.493 e. The molecule has 0 heterocycles. The van der Waals surface area contributed by atoms with Crippen molar-refractivity contribution in [3.8, 4) is 90.1 Å². The van der Waals surface area contributed by atoms with Crippen LogP contribution in [0.2, 0.25) is 0 Å². The van der Waals surface area contributed by atoms with E-state index in [0.717, 1.165) is 111 Å². The zero-order valence-electron chi connectivity index (χ0n) is 63.5. The van der Waals surface area contributed by atoms with Gasteiger partial charge in [-0.25, -0.2) is 0 Å². The number of aliphatic hydroxyl groups excluding tert-OH is 5. The molecular formula is C103H88O11. The van der Waals surface area contributed by atoms with Gasteiger partial charge in [-0.15, -0.1) is 0 Å². The summed E-state index contributed by atoms with van der Waals surface area (Å²) < 4.78 is 35.6. The Kier molecular flexibility index (Phi) is 22.7.